The number of primary sulfonamides is 1. The summed E-state index contributed by atoms with van der Waals surface area (Å²) in [6, 6.07) is 6.65. The van der Waals surface area contributed by atoms with Gasteiger partial charge in [-0.3, -0.25) is 10.1 Å². The minimum absolute atomic E-state index is 0.00762. The number of nitrogens with one attached hydrogen (secondary N) is 1. The molecular formula is C16H20N4O6S3. The lowest BCUT2D eigenvalue weighted by Crippen LogP contribution is -2.35. The van der Waals surface area contributed by atoms with Crippen LogP contribution in [0.2, 0.25) is 0 Å². The summed E-state index contributed by atoms with van der Waals surface area (Å²) in [4.78, 5) is 11.3. The second-order valence-corrected chi connectivity index (χ2v) is 11.4. The second-order valence-electron chi connectivity index (χ2n) is 6.52. The average Bonchev–Trinajstić information content (AvgIpc) is 3.16. The Labute approximate surface area is 172 Å². The topological polar surface area (TPSA) is 153 Å². The molecule has 1 saturated heterocycles. The van der Waals surface area contributed by atoms with Gasteiger partial charge in [-0.1, -0.05) is 6.42 Å². The number of piperidine rings is 1. The van der Waals surface area contributed by atoms with E-state index in [-0.39, 0.29) is 27.0 Å². The molecule has 1 fully saturated rings. The number of nitro benzene ring substituents is 1. The number of nitrogens with zero attached hydrogens (tertiary/aromatic N) is 2. The molecule has 0 radical (unpaired) electrons. The summed E-state index contributed by atoms with van der Waals surface area (Å²) in [5, 5.41) is 19.4. The first-order chi connectivity index (χ1) is 13.6. The number of hydrogen-bond acceptors (Lipinski definition) is 8. The number of hydrogen-bond donors (Lipinski definition) is 2. The Morgan fingerprint density at radius 3 is 2.38 bits per heavy atom. The standard InChI is InChI=1S/C16H20N4O6S3/c17-28(23,24)16-7-4-12(27-16)11-18-14-6-5-13(10-15(14)20(21)22)29(25,26)19-8-2-1-3-9-19/h4-7,10,18H,1-3,8-9,11H2,(H2,17,23,24). The predicted octanol–water partition coefficient (Wildman–Crippen LogP) is 2.09. The number of nitro groups is 1. The maximum absolute atomic E-state index is 12.8. The molecule has 0 saturated carbocycles. The first-order valence-electron chi connectivity index (χ1n) is 8.73. The van der Waals surface area contributed by atoms with Gasteiger partial charge in [0.15, 0.2) is 0 Å². The maximum Gasteiger partial charge on any atom is 0.293 e. The van der Waals surface area contributed by atoms with Crippen molar-refractivity contribution in [2.45, 2.75) is 34.9 Å². The molecule has 1 aromatic carbocycles. The molecule has 1 aromatic heterocycles. The molecule has 0 amide bonds. The van der Waals surface area contributed by atoms with E-state index in [4.69, 9.17) is 5.14 Å². The van der Waals surface area contributed by atoms with Crippen molar-refractivity contribution in [3.63, 3.8) is 0 Å². The van der Waals surface area contributed by atoms with Crippen LogP contribution in [0.25, 0.3) is 0 Å². The lowest BCUT2D eigenvalue weighted by atomic mass is 10.2. The molecule has 0 unspecified atom stereocenters. The first-order valence-corrected chi connectivity index (χ1v) is 12.5. The van der Waals surface area contributed by atoms with Crippen molar-refractivity contribution in [2.24, 2.45) is 5.14 Å². The Balaban J connectivity index is 1.83. The highest BCUT2D eigenvalue weighted by atomic mass is 32.2. The van der Waals surface area contributed by atoms with Gasteiger partial charge in [0.1, 0.15) is 9.90 Å². The zero-order valence-corrected chi connectivity index (χ0v) is 17.7. The fourth-order valence-corrected chi connectivity index (χ4v) is 6.27. The third-order valence-corrected chi connectivity index (χ3v) is 8.91. The Morgan fingerprint density at radius 2 is 1.79 bits per heavy atom. The van der Waals surface area contributed by atoms with E-state index in [1.807, 2.05) is 0 Å². The molecule has 1 aliphatic rings. The number of thiophene rings is 1. The molecule has 0 bridgehead atoms. The Bertz CT molecular complexity index is 1120. The molecule has 0 aliphatic carbocycles. The molecule has 158 valence electrons. The fourth-order valence-electron chi connectivity index (χ4n) is 3.02. The van der Waals surface area contributed by atoms with Gasteiger partial charge in [-0.25, -0.2) is 22.0 Å². The van der Waals surface area contributed by atoms with E-state index in [1.165, 1.54) is 22.5 Å². The van der Waals surface area contributed by atoms with Crippen LogP contribution in [-0.2, 0) is 26.6 Å². The van der Waals surface area contributed by atoms with E-state index < -0.39 is 25.0 Å². The smallest absolute Gasteiger partial charge is 0.293 e. The summed E-state index contributed by atoms with van der Waals surface area (Å²) in [5.41, 5.74) is -0.232. The fraction of sp³-hybridized carbons (Fsp3) is 0.375. The van der Waals surface area contributed by atoms with E-state index in [1.54, 1.807) is 6.07 Å². The molecule has 3 rings (SSSR count). The van der Waals surface area contributed by atoms with Crippen LogP contribution in [0.3, 0.4) is 0 Å². The average molecular weight is 461 g/mol. The molecule has 29 heavy (non-hydrogen) atoms. The molecule has 3 N–H and O–H groups in total. The first kappa shape index (κ1) is 21.6. The molecular weight excluding hydrogens is 440 g/mol. The van der Waals surface area contributed by atoms with Gasteiger partial charge in [0.05, 0.1) is 9.82 Å². The molecule has 2 aromatic rings. The quantitative estimate of drug-likeness (QED) is 0.474. The van der Waals surface area contributed by atoms with Crippen LogP contribution < -0.4 is 10.5 Å². The Hall–Kier alpha value is -2.06. The molecule has 0 spiro atoms. The van der Waals surface area contributed by atoms with Gasteiger partial charge in [-0.05, 0) is 37.1 Å². The summed E-state index contributed by atoms with van der Waals surface area (Å²) < 4.78 is 49.6. The largest absolute Gasteiger partial charge is 0.375 e. The van der Waals surface area contributed by atoms with Crippen molar-refractivity contribution in [3.05, 3.63) is 45.3 Å². The minimum atomic E-state index is -3.81. The van der Waals surface area contributed by atoms with E-state index in [0.29, 0.717) is 18.0 Å². The molecule has 2 heterocycles. The van der Waals surface area contributed by atoms with Gasteiger partial charge in [0.2, 0.25) is 20.0 Å². The zero-order valence-electron chi connectivity index (χ0n) is 15.3. The number of nitrogens with two attached hydrogens (primary N) is 1. The van der Waals surface area contributed by atoms with E-state index in [2.05, 4.69) is 5.32 Å². The lowest BCUT2D eigenvalue weighted by Gasteiger charge is -2.25. The van der Waals surface area contributed by atoms with Gasteiger partial charge < -0.3 is 5.32 Å². The lowest BCUT2D eigenvalue weighted by molar-refractivity contribution is -0.384. The molecule has 0 atom stereocenters. The third-order valence-electron chi connectivity index (χ3n) is 4.49. The summed E-state index contributed by atoms with van der Waals surface area (Å²) in [6.45, 7) is 0.932. The Kier molecular flexibility index (Phi) is 6.24. The zero-order chi connectivity index (χ0) is 21.2. The van der Waals surface area contributed by atoms with Gasteiger partial charge in [-0.2, -0.15) is 4.31 Å². The summed E-state index contributed by atoms with van der Waals surface area (Å²) in [5.74, 6) is 0. The Morgan fingerprint density at radius 1 is 1.10 bits per heavy atom. The molecule has 10 nitrogen and oxygen atoms in total. The number of benzene rings is 1. The molecule has 1 aliphatic heterocycles. The number of sulfonamides is 2. The van der Waals surface area contributed by atoms with Crippen molar-refractivity contribution in [3.8, 4) is 0 Å². The van der Waals surface area contributed by atoms with Crippen LogP contribution in [0.4, 0.5) is 11.4 Å². The SMILES string of the molecule is NS(=O)(=O)c1ccc(CNc2ccc(S(=O)(=O)N3CCCCC3)cc2[N+](=O)[O-])s1. The van der Waals surface area contributed by atoms with E-state index in [0.717, 1.165) is 36.7 Å². The number of anilines is 1. The number of rotatable bonds is 7. The van der Waals surface area contributed by atoms with Crippen molar-refractivity contribution in [1.82, 2.24) is 4.31 Å². The van der Waals surface area contributed by atoms with Crippen LogP contribution in [0.5, 0.6) is 0 Å². The maximum atomic E-state index is 12.8. The monoisotopic (exact) mass is 460 g/mol. The van der Waals surface area contributed by atoms with Crippen LogP contribution in [0.15, 0.2) is 39.4 Å². The van der Waals surface area contributed by atoms with Crippen molar-refractivity contribution in [2.75, 3.05) is 18.4 Å². The normalized spacial score (nSPS) is 15.9. The predicted molar refractivity (Wildman–Crippen MR) is 109 cm³/mol. The van der Waals surface area contributed by atoms with Crippen molar-refractivity contribution >= 4 is 42.8 Å². The summed E-state index contributed by atoms with van der Waals surface area (Å²) >= 11 is 0.952. The van der Waals surface area contributed by atoms with Gasteiger partial charge in [-0.15, -0.1) is 11.3 Å². The highest BCUT2D eigenvalue weighted by Gasteiger charge is 2.28. The van der Waals surface area contributed by atoms with Crippen LogP contribution in [-0.4, -0.2) is 39.2 Å². The third kappa shape index (κ3) is 4.93. The van der Waals surface area contributed by atoms with Crippen LogP contribution in [0.1, 0.15) is 24.1 Å². The van der Waals surface area contributed by atoms with Gasteiger partial charge >= 0.3 is 0 Å². The van der Waals surface area contributed by atoms with Crippen LogP contribution >= 0.6 is 11.3 Å². The van der Waals surface area contributed by atoms with Crippen molar-refractivity contribution in [1.29, 1.82) is 0 Å². The van der Waals surface area contributed by atoms with E-state index in [9.17, 15) is 26.9 Å². The van der Waals surface area contributed by atoms with Gasteiger partial charge in [0, 0.05) is 30.6 Å². The van der Waals surface area contributed by atoms with E-state index >= 15 is 0 Å². The second kappa shape index (κ2) is 8.36. The highest BCUT2D eigenvalue weighted by Crippen LogP contribution is 2.31. The summed E-state index contributed by atoms with van der Waals surface area (Å²) in [6.07, 6.45) is 2.50. The molecule has 13 heteroatoms. The minimum Gasteiger partial charge on any atom is -0.375 e. The summed E-state index contributed by atoms with van der Waals surface area (Å²) in [7, 11) is -7.60. The van der Waals surface area contributed by atoms with Gasteiger partial charge in [0.25, 0.3) is 5.69 Å². The van der Waals surface area contributed by atoms with Crippen molar-refractivity contribution < 1.29 is 21.8 Å². The highest BCUT2D eigenvalue weighted by molar-refractivity contribution is 7.91. The van der Waals surface area contributed by atoms with Crippen LogP contribution in [0, 0.1) is 10.1 Å².